The van der Waals surface area contributed by atoms with Crippen LogP contribution in [-0.2, 0) is 19.4 Å². The Morgan fingerprint density at radius 2 is 1.62 bits per heavy atom. The normalized spacial score (nSPS) is 10.5. The molecule has 74 valence electrons. The summed E-state index contributed by atoms with van der Waals surface area (Å²) in [5.41, 5.74) is -0.675. The summed E-state index contributed by atoms with van der Waals surface area (Å²) in [6.07, 6.45) is 0. The molecule has 0 aliphatic rings. The summed E-state index contributed by atoms with van der Waals surface area (Å²) in [5.74, 6) is -1.26. The van der Waals surface area contributed by atoms with Crippen molar-refractivity contribution in [2.45, 2.75) is 27.7 Å². The van der Waals surface area contributed by atoms with Crippen LogP contribution in [0.1, 0.15) is 27.7 Å². The predicted molar refractivity (Wildman–Crippen MR) is 48.1 cm³/mol. The van der Waals surface area contributed by atoms with Crippen molar-refractivity contribution in [3.63, 3.8) is 0 Å². The first-order valence-electron chi connectivity index (χ1n) is 3.69. The summed E-state index contributed by atoms with van der Waals surface area (Å²) in [6.45, 7) is 6.51. The minimum absolute atomic E-state index is 0.307. The van der Waals surface area contributed by atoms with E-state index in [1.807, 2.05) is 0 Å². The third-order valence-corrected chi connectivity index (χ3v) is 1.44. The van der Waals surface area contributed by atoms with Crippen LogP contribution in [0, 0.1) is 5.41 Å². The summed E-state index contributed by atoms with van der Waals surface area (Å²) in [5, 5.41) is 0. The average Bonchev–Trinajstić information content (AvgIpc) is 1.97. The Morgan fingerprint density at radius 3 is 1.92 bits per heavy atom. The monoisotopic (exact) mass is 252 g/mol. The molecule has 0 aromatic carbocycles. The van der Waals surface area contributed by atoms with Gasteiger partial charge in [-0.15, -0.1) is 0 Å². The van der Waals surface area contributed by atoms with Gasteiger partial charge in [0.05, 0.1) is 0 Å². The standard InChI is InChI=1S/C8H12O4Se/c1-5(13)6(9)11-12-7(10)8(2,3)4/h1-4H3. The fraction of sp³-hybridized carbons (Fsp3) is 0.625. The van der Waals surface area contributed by atoms with Crippen molar-refractivity contribution >= 4 is 31.9 Å². The average molecular weight is 251 g/mol. The van der Waals surface area contributed by atoms with Crippen molar-refractivity contribution < 1.29 is 19.4 Å². The van der Waals surface area contributed by atoms with E-state index in [4.69, 9.17) is 0 Å². The van der Waals surface area contributed by atoms with Crippen LogP contribution in [0.15, 0.2) is 0 Å². The Hall–Kier alpha value is -0.671. The quantitative estimate of drug-likeness (QED) is 0.384. The molecule has 0 radical (unpaired) electrons. The second-order valence-corrected chi connectivity index (χ2v) is 4.83. The molecule has 0 aromatic heterocycles. The summed E-state index contributed by atoms with van der Waals surface area (Å²) in [7, 11) is 0. The molecule has 0 saturated heterocycles. The van der Waals surface area contributed by atoms with Crippen LogP contribution in [-0.4, -0.2) is 31.9 Å². The zero-order valence-corrected chi connectivity index (χ0v) is 9.75. The molecule has 0 N–H and O–H groups in total. The third kappa shape index (κ3) is 4.80. The first-order valence-corrected chi connectivity index (χ1v) is 4.54. The molecule has 5 heteroatoms. The van der Waals surface area contributed by atoms with Gasteiger partial charge in [0.2, 0.25) is 0 Å². The first kappa shape index (κ1) is 12.3. The summed E-state index contributed by atoms with van der Waals surface area (Å²) >= 11 is 2.45. The zero-order valence-electron chi connectivity index (χ0n) is 8.04. The molecule has 4 nitrogen and oxygen atoms in total. The third-order valence-electron chi connectivity index (χ3n) is 1.09. The van der Waals surface area contributed by atoms with E-state index in [1.54, 1.807) is 20.8 Å². The van der Waals surface area contributed by atoms with Gasteiger partial charge in [0, 0.05) is 0 Å². The van der Waals surface area contributed by atoms with Crippen LogP contribution in [0.4, 0.5) is 0 Å². The molecule has 0 atom stereocenters. The van der Waals surface area contributed by atoms with E-state index in [9.17, 15) is 9.59 Å². The molecule has 0 aliphatic carbocycles. The molecule has 0 spiro atoms. The van der Waals surface area contributed by atoms with Crippen LogP contribution in [0.2, 0.25) is 0 Å². The van der Waals surface area contributed by atoms with Crippen molar-refractivity contribution in [1.29, 1.82) is 0 Å². The van der Waals surface area contributed by atoms with E-state index in [0.717, 1.165) is 0 Å². The van der Waals surface area contributed by atoms with Gasteiger partial charge in [0.1, 0.15) is 0 Å². The Bertz CT molecular complexity index is 239. The molecule has 0 aromatic rings. The van der Waals surface area contributed by atoms with E-state index in [2.05, 4.69) is 25.4 Å². The number of carbonyl (C=O) groups excluding carboxylic acids is 2. The van der Waals surface area contributed by atoms with E-state index in [-0.39, 0.29) is 0 Å². The molecule has 0 rings (SSSR count). The van der Waals surface area contributed by atoms with Gasteiger partial charge in [-0.2, -0.15) is 0 Å². The topological polar surface area (TPSA) is 52.6 Å². The number of hydrogen-bond donors (Lipinski definition) is 0. The molecular weight excluding hydrogens is 239 g/mol. The zero-order chi connectivity index (χ0) is 10.6. The summed E-state index contributed by atoms with van der Waals surface area (Å²) < 4.78 is 0.307. The molecular formula is C8H12O4Se. The number of rotatable bonds is 1. The van der Waals surface area contributed by atoms with Gasteiger partial charge in [-0.05, 0) is 0 Å². The molecule has 13 heavy (non-hydrogen) atoms. The minimum atomic E-state index is -0.683. The van der Waals surface area contributed by atoms with Crippen molar-refractivity contribution in [1.82, 2.24) is 0 Å². The number of hydrogen-bond acceptors (Lipinski definition) is 4. The number of carbonyl (C=O) groups is 2. The molecule has 0 fully saturated rings. The second-order valence-electron chi connectivity index (χ2n) is 3.55. The van der Waals surface area contributed by atoms with Crippen LogP contribution in [0.3, 0.4) is 0 Å². The Labute approximate surface area is 84.9 Å². The van der Waals surface area contributed by atoms with Crippen LogP contribution in [0.5, 0.6) is 0 Å². The molecule has 0 bridgehead atoms. The van der Waals surface area contributed by atoms with E-state index in [0.29, 0.717) is 4.42 Å². The van der Waals surface area contributed by atoms with Gasteiger partial charge in [-0.25, -0.2) is 0 Å². The van der Waals surface area contributed by atoms with Gasteiger partial charge < -0.3 is 0 Å². The van der Waals surface area contributed by atoms with Crippen molar-refractivity contribution in [2.24, 2.45) is 5.41 Å². The Balaban J connectivity index is 3.99. The van der Waals surface area contributed by atoms with Crippen molar-refractivity contribution in [3.05, 3.63) is 0 Å². The SMILES string of the molecule is CC(=[Se])C(=O)OOC(=O)C(C)(C)C. The Kier molecular flexibility index (Phi) is 4.30. The van der Waals surface area contributed by atoms with Crippen LogP contribution in [0.25, 0.3) is 0 Å². The van der Waals surface area contributed by atoms with E-state index in [1.165, 1.54) is 6.92 Å². The van der Waals surface area contributed by atoms with Gasteiger partial charge >= 0.3 is 84.4 Å². The predicted octanol–water partition coefficient (Wildman–Crippen LogP) is 0.395. The first-order chi connectivity index (χ1) is 5.75. The van der Waals surface area contributed by atoms with Crippen LogP contribution < -0.4 is 0 Å². The van der Waals surface area contributed by atoms with Gasteiger partial charge in [-0.1, -0.05) is 0 Å². The van der Waals surface area contributed by atoms with Crippen molar-refractivity contribution in [2.75, 3.05) is 0 Å². The molecule has 0 unspecified atom stereocenters. The summed E-state index contributed by atoms with van der Waals surface area (Å²) in [4.78, 5) is 30.4. The molecule has 0 saturated carbocycles. The molecule has 0 heterocycles. The van der Waals surface area contributed by atoms with E-state index < -0.39 is 17.4 Å². The fourth-order valence-corrected chi connectivity index (χ4v) is 0.331. The second kappa shape index (κ2) is 4.53. The Morgan fingerprint density at radius 1 is 1.15 bits per heavy atom. The van der Waals surface area contributed by atoms with Crippen molar-refractivity contribution in [3.8, 4) is 0 Å². The van der Waals surface area contributed by atoms with Crippen LogP contribution >= 0.6 is 0 Å². The maximum atomic E-state index is 11.1. The van der Waals surface area contributed by atoms with E-state index >= 15 is 0 Å². The van der Waals surface area contributed by atoms with Gasteiger partial charge in [-0.3, -0.25) is 0 Å². The fourth-order valence-electron chi connectivity index (χ4n) is 0.259. The molecule has 0 amide bonds. The van der Waals surface area contributed by atoms with Gasteiger partial charge in [0.25, 0.3) is 0 Å². The maximum absolute atomic E-state index is 11.1. The molecule has 0 aliphatic heterocycles. The van der Waals surface area contributed by atoms with Gasteiger partial charge in [0.15, 0.2) is 0 Å². The summed E-state index contributed by atoms with van der Waals surface area (Å²) in [6, 6.07) is 0.